The van der Waals surface area contributed by atoms with Crippen LogP contribution in [0, 0.1) is 0 Å². The highest BCUT2D eigenvalue weighted by atomic mass is 79.9. The highest BCUT2D eigenvalue weighted by Crippen LogP contribution is 2.34. The summed E-state index contributed by atoms with van der Waals surface area (Å²) in [6.45, 7) is 4.33. The predicted octanol–water partition coefficient (Wildman–Crippen LogP) is 5.54. The highest BCUT2D eigenvalue weighted by Gasteiger charge is 2.16. The molecule has 0 aliphatic carbocycles. The van der Waals surface area contributed by atoms with Gasteiger partial charge in [-0.1, -0.05) is 33.8 Å². The average molecular weight is 588 g/mol. The van der Waals surface area contributed by atoms with Gasteiger partial charge in [-0.3, -0.25) is 14.3 Å². The number of benzene rings is 1. The van der Waals surface area contributed by atoms with Gasteiger partial charge in [0, 0.05) is 37.9 Å². The molecule has 0 aliphatic rings. The molecule has 1 aromatic carbocycles. The third kappa shape index (κ3) is 5.11. The van der Waals surface area contributed by atoms with Crippen LogP contribution in [0.15, 0.2) is 67.9 Å². The van der Waals surface area contributed by atoms with Crippen LogP contribution >= 0.6 is 59.6 Å². The van der Waals surface area contributed by atoms with Gasteiger partial charge in [-0.05, 0) is 56.1 Å². The smallest absolute Gasteiger partial charge is 0.234 e. The molecule has 2 aromatic heterocycles. The number of amides is 1. The molecule has 1 N–H and O–H groups in total. The van der Waals surface area contributed by atoms with Crippen LogP contribution < -0.4 is 5.32 Å². The standard InChI is InChI=1S/C18H14Br3N5OS/c1-2-6-26-17(11-4-3-5-22-9-11)24-25-18(26)28-10-15(27)23-16-13(20)7-12(19)8-14(16)21/h2-5,7-9H,1,6,10H2,(H,23,27). The molecule has 0 bridgehead atoms. The molecule has 2 heterocycles. The maximum Gasteiger partial charge on any atom is 0.234 e. The van der Waals surface area contributed by atoms with Crippen molar-refractivity contribution in [3.05, 3.63) is 62.7 Å². The summed E-state index contributed by atoms with van der Waals surface area (Å²) in [5.74, 6) is 0.733. The van der Waals surface area contributed by atoms with E-state index in [1.54, 1.807) is 18.5 Å². The minimum absolute atomic E-state index is 0.148. The number of pyridine rings is 1. The van der Waals surface area contributed by atoms with Crippen LogP contribution in [0.25, 0.3) is 11.4 Å². The molecule has 28 heavy (non-hydrogen) atoms. The van der Waals surface area contributed by atoms with Gasteiger partial charge < -0.3 is 5.32 Å². The molecule has 0 spiro atoms. The van der Waals surface area contributed by atoms with Gasteiger partial charge in [-0.25, -0.2) is 0 Å². The molecule has 1 amide bonds. The van der Waals surface area contributed by atoms with E-state index in [0.29, 0.717) is 23.2 Å². The molecule has 0 aliphatic heterocycles. The van der Waals surface area contributed by atoms with E-state index in [4.69, 9.17) is 0 Å². The number of thioether (sulfide) groups is 1. The minimum Gasteiger partial charge on any atom is -0.323 e. The van der Waals surface area contributed by atoms with Crippen molar-refractivity contribution in [1.29, 1.82) is 0 Å². The second kappa shape index (κ2) is 9.82. The first kappa shape index (κ1) is 21.2. The maximum absolute atomic E-state index is 12.4. The summed E-state index contributed by atoms with van der Waals surface area (Å²) in [4.78, 5) is 16.6. The van der Waals surface area contributed by atoms with Gasteiger partial charge in [0.2, 0.25) is 5.91 Å². The lowest BCUT2D eigenvalue weighted by molar-refractivity contribution is -0.113. The Morgan fingerprint density at radius 1 is 1.25 bits per heavy atom. The normalized spacial score (nSPS) is 10.7. The SMILES string of the molecule is C=CCn1c(SCC(=O)Nc2c(Br)cc(Br)cc2Br)nnc1-c1cccnc1. The van der Waals surface area contributed by atoms with E-state index in [2.05, 4.69) is 74.9 Å². The van der Waals surface area contributed by atoms with Gasteiger partial charge in [-0.2, -0.15) is 0 Å². The topological polar surface area (TPSA) is 72.7 Å². The quantitative estimate of drug-likeness (QED) is 0.290. The molecule has 10 heteroatoms. The fraction of sp³-hybridized carbons (Fsp3) is 0.111. The Labute approximate surface area is 191 Å². The number of anilines is 1. The first-order valence-corrected chi connectivity index (χ1v) is 11.4. The molecular weight excluding hydrogens is 574 g/mol. The summed E-state index contributed by atoms with van der Waals surface area (Å²) in [6, 6.07) is 7.50. The zero-order chi connectivity index (χ0) is 20.1. The summed E-state index contributed by atoms with van der Waals surface area (Å²) in [7, 11) is 0. The third-order valence-electron chi connectivity index (χ3n) is 3.55. The number of allylic oxidation sites excluding steroid dienone is 1. The highest BCUT2D eigenvalue weighted by molar-refractivity contribution is 9.11. The first-order valence-electron chi connectivity index (χ1n) is 8.01. The molecule has 0 fully saturated rings. The van der Waals surface area contributed by atoms with Crippen LogP contribution in [0.2, 0.25) is 0 Å². The van der Waals surface area contributed by atoms with E-state index in [0.717, 1.165) is 19.0 Å². The van der Waals surface area contributed by atoms with Crippen molar-refractivity contribution in [1.82, 2.24) is 19.7 Å². The van der Waals surface area contributed by atoms with Crippen LogP contribution in [0.5, 0.6) is 0 Å². The van der Waals surface area contributed by atoms with Crippen LogP contribution in [0.4, 0.5) is 5.69 Å². The second-order valence-electron chi connectivity index (χ2n) is 5.53. The predicted molar refractivity (Wildman–Crippen MR) is 122 cm³/mol. The van der Waals surface area contributed by atoms with E-state index >= 15 is 0 Å². The molecular formula is C18H14Br3N5OS. The number of carbonyl (C=O) groups is 1. The Bertz CT molecular complexity index is 987. The molecule has 0 unspecified atom stereocenters. The second-order valence-corrected chi connectivity index (χ2v) is 9.10. The fourth-order valence-electron chi connectivity index (χ4n) is 2.36. The Balaban J connectivity index is 1.73. The molecule has 0 radical (unpaired) electrons. The zero-order valence-electron chi connectivity index (χ0n) is 14.4. The van der Waals surface area contributed by atoms with Gasteiger partial charge in [-0.15, -0.1) is 16.8 Å². The number of halogens is 3. The summed E-state index contributed by atoms with van der Waals surface area (Å²) in [5, 5.41) is 12.0. The van der Waals surface area contributed by atoms with Gasteiger partial charge in [0.25, 0.3) is 0 Å². The van der Waals surface area contributed by atoms with Gasteiger partial charge in [0.1, 0.15) is 0 Å². The average Bonchev–Trinajstić information content (AvgIpc) is 3.07. The number of rotatable bonds is 7. The number of hydrogen-bond acceptors (Lipinski definition) is 5. The van der Waals surface area contributed by atoms with Crippen molar-refractivity contribution in [2.45, 2.75) is 11.7 Å². The van der Waals surface area contributed by atoms with Crippen LogP contribution in [-0.2, 0) is 11.3 Å². The number of hydrogen-bond donors (Lipinski definition) is 1. The Kier molecular flexibility index (Phi) is 7.44. The number of aromatic nitrogens is 4. The van der Waals surface area contributed by atoms with Gasteiger partial charge in [0.05, 0.1) is 11.4 Å². The van der Waals surface area contributed by atoms with Crippen molar-refractivity contribution in [3.63, 3.8) is 0 Å². The number of nitrogens with one attached hydrogen (secondary N) is 1. The fourth-order valence-corrected chi connectivity index (χ4v) is 5.57. The van der Waals surface area contributed by atoms with Crippen molar-refractivity contribution in [2.75, 3.05) is 11.1 Å². The molecule has 3 aromatic rings. The summed E-state index contributed by atoms with van der Waals surface area (Å²) in [6.07, 6.45) is 5.20. The van der Waals surface area contributed by atoms with E-state index in [1.807, 2.05) is 28.8 Å². The van der Waals surface area contributed by atoms with E-state index in [1.165, 1.54) is 11.8 Å². The summed E-state index contributed by atoms with van der Waals surface area (Å²) in [5.41, 5.74) is 1.54. The molecule has 6 nitrogen and oxygen atoms in total. The maximum atomic E-state index is 12.4. The van der Waals surface area contributed by atoms with Crippen molar-refractivity contribution < 1.29 is 4.79 Å². The van der Waals surface area contributed by atoms with Gasteiger partial charge in [0.15, 0.2) is 11.0 Å². The lowest BCUT2D eigenvalue weighted by Gasteiger charge is -2.11. The largest absolute Gasteiger partial charge is 0.323 e. The van der Waals surface area contributed by atoms with Crippen molar-refractivity contribution in [2.24, 2.45) is 0 Å². The zero-order valence-corrected chi connectivity index (χ0v) is 20.0. The molecule has 0 saturated heterocycles. The van der Waals surface area contributed by atoms with Gasteiger partial charge >= 0.3 is 0 Å². The minimum atomic E-state index is -0.148. The number of carbonyl (C=O) groups excluding carboxylic acids is 1. The molecule has 3 rings (SSSR count). The monoisotopic (exact) mass is 585 g/mol. The summed E-state index contributed by atoms with van der Waals surface area (Å²) >= 11 is 11.6. The number of nitrogens with zero attached hydrogens (tertiary/aromatic N) is 4. The van der Waals surface area contributed by atoms with Crippen molar-refractivity contribution in [3.8, 4) is 11.4 Å². The molecule has 0 atom stereocenters. The Hall–Kier alpha value is -1.49. The van der Waals surface area contributed by atoms with Crippen LogP contribution in [0.3, 0.4) is 0 Å². The molecule has 0 saturated carbocycles. The van der Waals surface area contributed by atoms with E-state index < -0.39 is 0 Å². The van der Waals surface area contributed by atoms with E-state index in [9.17, 15) is 4.79 Å². The third-order valence-corrected chi connectivity index (χ3v) is 6.23. The van der Waals surface area contributed by atoms with Crippen molar-refractivity contribution >= 4 is 71.1 Å². The summed E-state index contributed by atoms with van der Waals surface area (Å²) < 4.78 is 4.37. The molecule has 144 valence electrons. The Morgan fingerprint density at radius 3 is 2.64 bits per heavy atom. The lowest BCUT2D eigenvalue weighted by atomic mass is 10.3. The van der Waals surface area contributed by atoms with E-state index in [-0.39, 0.29) is 11.7 Å². The van der Waals surface area contributed by atoms with Crippen LogP contribution in [-0.4, -0.2) is 31.4 Å². The Morgan fingerprint density at radius 2 is 2.00 bits per heavy atom. The van der Waals surface area contributed by atoms with Crippen LogP contribution in [0.1, 0.15) is 0 Å². The lowest BCUT2D eigenvalue weighted by Crippen LogP contribution is -2.15. The first-order chi connectivity index (χ1) is 13.5.